The second-order valence-corrected chi connectivity index (χ2v) is 7.32. The Morgan fingerprint density at radius 1 is 0.607 bits per heavy atom. The van der Waals surface area contributed by atoms with Crippen LogP contribution in [0.4, 0.5) is 0 Å². The van der Waals surface area contributed by atoms with Crippen LogP contribution < -0.4 is 32.3 Å². The van der Waals surface area contributed by atoms with Gasteiger partial charge >= 0.3 is 0 Å². The summed E-state index contributed by atoms with van der Waals surface area (Å²) in [4.78, 5) is 11.2. The predicted octanol–water partition coefficient (Wildman–Crippen LogP) is 0.951. The molecule has 0 aliphatic rings. The minimum Gasteiger partial charge on any atom is -0.356 e. The number of rotatable bonds is 23. The van der Waals surface area contributed by atoms with Crippen LogP contribution in [0.15, 0.2) is 0 Å². The molecule has 0 aromatic carbocycles. The summed E-state index contributed by atoms with van der Waals surface area (Å²) in [7, 11) is 0. The van der Waals surface area contributed by atoms with Gasteiger partial charge in [-0.25, -0.2) is 0 Å². The van der Waals surface area contributed by atoms with E-state index in [1.54, 1.807) is 0 Å². The van der Waals surface area contributed by atoms with Crippen molar-refractivity contribution in [2.75, 3.05) is 65.4 Å². The summed E-state index contributed by atoms with van der Waals surface area (Å²) in [6, 6.07) is 0. The molecule has 7 heteroatoms. The van der Waals surface area contributed by atoms with Gasteiger partial charge in [0.05, 0.1) is 0 Å². The first kappa shape index (κ1) is 27.3. The first-order valence-corrected chi connectivity index (χ1v) is 11.6. The van der Waals surface area contributed by atoms with E-state index in [1.165, 1.54) is 38.5 Å². The van der Waals surface area contributed by atoms with Crippen LogP contribution in [0.2, 0.25) is 0 Å². The van der Waals surface area contributed by atoms with Crippen LogP contribution in [-0.2, 0) is 4.79 Å². The summed E-state index contributed by atoms with van der Waals surface area (Å²) < 4.78 is 0. The van der Waals surface area contributed by atoms with Gasteiger partial charge in [0.1, 0.15) is 0 Å². The van der Waals surface area contributed by atoms with Gasteiger partial charge in [0.15, 0.2) is 0 Å². The Labute approximate surface area is 173 Å². The minimum atomic E-state index is 0.0646. The number of hydrogen-bond acceptors (Lipinski definition) is 6. The molecule has 28 heavy (non-hydrogen) atoms. The van der Waals surface area contributed by atoms with Gasteiger partial charge in [-0.15, -0.1) is 0 Å². The highest BCUT2D eigenvalue weighted by Crippen LogP contribution is 1.90. The van der Waals surface area contributed by atoms with E-state index in [9.17, 15) is 4.79 Å². The van der Waals surface area contributed by atoms with Gasteiger partial charge in [-0.05, 0) is 104 Å². The number of hydrogen-bond donors (Lipinski definition) is 6. The Bertz CT molecular complexity index is 317. The smallest absolute Gasteiger partial charge is 0.221 e. The molecule has 0 atom stereocenters. The van der Waals surface area contributed by atoms with Crippen LogP contribution in [0, 0.1) is 0 Å². The number of carbonyl (C=O) groups is 1. The summed E-state index contributed by atoms with van der Waals surface area (Å²) >= 11 is 0. The Balaban J connectivity index is 3.02. The third-order valence-electron chi connectivity index (χ3n) is 4.60. The van der Waals surface area contributed by atoms with Crippen molar-refractivity contribution in [3.05, 3.63) is 0 Å². The molecule has 7 nitrogen and oxygen atoms in total. The zero-order valence-corrected chi connectivity index (χ0v) is 18.4. The van der Waals surface area contributed by atoms with Gasteiger partial charge in [0.2, 0.25) is 5.91 Å². The third-order valence-corrected chi connectivity index (χ3v) is 4.60. The van der Waals surface area contributed by atoms with Crippen LogP contribution in [0.25, 0.3) is 0 Å². The number of amides is 1. The SMILES string of the molecule is CCNCCCCNCCCCNCCCCNCCCCNC(=O)CCN. The van der Waals surface area contributed by atoms with Crippen molar-refractivity contribution in [2.24, 2.45) is 5.73 Å². The van der Waals surface area contributed by atoms with E-state index < -0.39 is 0 Å². The molecule has 7 N–H and O–H groups in total. The fourth-order valence-corrected chi connectivity index (χ4v) is 2.87. The lowest BCUT2D eigenvalue weighted by molar-refractivity contribution is -0.120. The van der Waals surface area contributed by atoms with Crippen LogP contribution in [0.5, 0.6) is 0 Å². The normalized spacial score (nSPS) is 11.1. The van der Waals surface area contributed by atoms with Crippen LogP contribution in [0.1, 0.15) is 64.7 Å². The van der Waals surface area contributed by atoms with Crippen LogP contribution >= 0.6 is 0 Å². The monoisotopic (exact) mass is 400 g/mol. The largest absolute Gasteiger partial charge is 0.356 e. The lowest BCUT2D eigenvalue weighted by atomic mass is 10.2. The molecule has 0 rings (SSSR count). The maximum absolute atomic E-state index is 11.2. The molecule has 1 amide bonds. The van der Waals surface area contributed by atoms with Crippen molar-refractivity contribution in [2.45, 2.75) is 64.7 Å². The van der Waals surface area contributed by atoms with Crippen molar-refractivity contribution in [3.8, 4) is 0 Å². The number of carbonyl (C=O) groups excluding carboxylic acids is 1. The lowest BCUT2D eigenvalue weighted by Crippen LogP contribution is -2.27. The predicted molar refractivity (Wildman–Crippen MR) is 121 cm³/mol. The first-order chi connectivity index (χ1) is 13.8. The zero-order chi connectivity index (χ0) is 20.5. The molecule has 0 saturated carbocycles. The van der Waals surface area contributed by atoms with Crippen LogP contribution in [-0.4, -0.2) is 71.4 Å². The first-order valence-electron chi connectivity index (χ1n) is 11.6. The van der Waals surface area contributed by atoms with Crippen molar-refractivity contribution in [3.63, 3.8) is 0 Å². The highest BCUT2D eigenvalue weighted by molar-refractivity contribution is 5.75. The average molecular weight is 401 g/mol. The number of nitrogens with one attached hydrogen (secondary N) is 5. The highest BCUT2D eigenvalue weighted by atomic mass is 16.1. The quantitative estimate of drug-likeness (QED) is 0.143. The van der Waals surface area contributed by atoms with Gasteiger partial charge in [0, 0.05) is 19.5 Å². The molecule has 0 aromatic heterocycles. The molecular formula is C21H48N6O. The molecule has 0 radical (unpaired) electrons. The maximum Gasteiger partial charge on any atom is 0.221 e. The van der Waals surface area contributed by atoms with Gasteiger partial charge in [0.25, 0.3) is 0 Å². The Hall–Kier alpha value is -0.730. The van der Waals surface area contributed by atoms with Crippen molar-refractivity contribution in [1.29, 1.82) is 0 Å². The summed E-state index contributed by atoms with van der Waals surface area (Å²) in [6.07, 6.45) is 10.1. The molecule has 0 spiro atoms. The number of nitrogens with two attached hydrogens (primary N) is 1. The summed E-state index contributed by atoms with van der Waals surface area (Å²) in [5, 5.41) is 16.8. The molecule has 0 aliphatic heterocycles. The second kappa shape index (κ2) is 24.3. The molecule has 168 valence electrons. The van der Waals surface area contributed by atoms with Gasteiger partial charge in [-0.2, -0.15) is 0 Å². The molecular weight excluding hydrogens is 352 g/mol. The van der Waals surface area contributed by atoms with E-state index in [-0.39, 0.29) is 5.91 Å². The lowest BCUT2D eigenvalue weighted by Gasteiger charge is -2.08. The van der Waals surface area contributed by atoms with Crippen molar-refractivity contribution in [1.82, 2.24) is 26.6 Å². The van der Waals surface area contributed by atoms with E-state index in [2.05, 4.69) is 33.5 Å². The van der Waals surface area contributed by atoms with E-state index >= 15 is 0 Å². The summed E-state index contributed by atoms with van der Waals surface area (Å²) in [5.41, 5.74) is 5.33. The van der Waals surface area contributed by atoms with Gasteiger partial charge in [-0.1, -0.05) is 6.92 Å². The van der Waals surface area contributed by atoms with E-state index in [0.29, 0.717) is 13.0 Å². The fourth-order valence-electron chi connectivity index (χ4n) is 2.87. The zero-order valence-electron chi connectivity index (χ0n) is 18.4. The topological polar surface area (TPSA) is 103 Å². The molecule has 0 aromatic rings. The fraction of sp³-hybridized carbons (Fsp3) is 0.952. The molecule has 0 saturated heterocycles. The summed E-state index contributed by atoms with van der Waals surface area (Å²) in [5.74, 6) is 0.0646. The van der Waals surface area contributed by atoms with Crippen molar-refractivity contribution >= 4 is 5.91 Å². The second-order valence-electron chi connectivity index (χ2n) is 7.32. The summed E-state index contributed by atoms with van der Waals surface area (Å²) in [6.45, 7) is 12.2. The molecule has 0 bridgehead atoms. The van der Waals surface area contributed by atoms with Gasteiger partial charge < -0.3 is 32.3 Å². The van der Waals surface area contributed by atoms with Crippen LogP contribution in [0.3, 0.4) is 0 Å². The Kier molecular flexibility index (Phi) is 23.7. The maximum atomic E-state index is 11.2. The highest BCUT2D eigenvalue weighted by Gasteiger charge is 1.97. The third kappa shape index (κ3) is 23.3. The minimum absolute atomic E-state index is 0.0646. The van der Waals surface area contributed by atoms with E-state index in [1.807, 2.05) is 0 Å². The Morgan fingerprint density at radius 2 is 0.964 bits per heavy atom. The Morgan fingerprint density at radius 3 is 1.32 bits per heavy atom. The average Bonchev–Trinajstić information content (AvgIpc) is 2.69. The molecule has 0 fully saturated rings. The molecule has 0 unspecified atom stereocenters. The van der Waals surface area contributed by atoms with Gasteiger partial charge in [-0.3, -0.25) is 4.79 Å². The van der Waals surface area contributed by atoms with E-state index in [0.717, 1.165) is 71.7 Å². The van der Waals surface area contributed by atoms with E-state index in [4.69, 9.17) is 5.73 Å². The molecule has 0 heterocycles. The number of unbranched alkanes of at least 4 members (excludes halogenated alkanes) is 4. The standard InChI is InChI=1S/C21H48N6O/c1-2-23-13-3-4-14-24-15-5-6-16-25-17-7-8-18-26-19-9-10-20-27-21(28)11-12-22/h23-26H,2-20,22H2,1H3,(H,27,28). The van der Waals surface area contributed by atoms with Crippen molar-refractivity contribution < 1.29 is 4.79 Å². The molecule has 0 aliphatic carbocycles.